The minimum absolute atomic E-state index is 0.332. The third-order valence-electron chi connectivity index (χ3n) is 8.08. The van der Waals surface area contributed by atoms with Crippen molar-refractivity contribution in [1.29, 1.82) is 0 Å². The number of quaternary nitrogens is 1. The molecule has 0 amide bonds. The second kappa shape index (κ2) is 7.50. The van der Waals surface area contributed by atoms with Crippen LogP contribution in [-0.2, 0) is 17.7 Å². The molecule has 4 saturated carbocycles. The molecule has 27 heavy (non-hydrogen) atoms. The van der Waals surface area contributed by atoms with Crippen molar-refractivity contribution in [2.45, 2.75) is 64.0 Å². The quantitative estimate of drug-likeness (QED) is 0.724. The summed E-state index contributed by atoms with van der Waals surface area (Å²) in [6.45, 7) is 4.34. The largest absolute Gasteiger partial charge is 0.385 e. The summed E-state index contributed by atoms with van der Waals surface area (Å²) in [5.41, 5.74) is 3.54. The van der Waals surface area contributed by atoms with E-state index < -0.39 is 0 Å². The maximum absolute atomic E-state index is 10.5. The first-order chi connectivity index (χ1) is 13.2. The summed E-state index contributed by atoms with van der Waals surface area (Å²) in [5, 5.41) is 10.5. The minimum Gasteiger partial charge on any atom is -0.385 e. The van der Waals surface area contributed by atoms with Gasteiger partial charge in [0.05, 0.1) is 13.2 Å². The number of fused-ring (bicyclic) bond motifs is 1. The van der Waals surface area contributed by atoms with Crippen molar-refractivity contribution >= 4 is 0 Å². The van der Waals surface area contributed by atoms with Crippen molar-refractivity contribution in [1.82, 2.24) is 0 Å². The van der Waals surface area contributed by atoms with E-state index in [0.717, 1.165) is 50.4 Å². The molecule has 1 heterocycles. The molecular formula is C24H36NO2+. The lowest BCUT2D eigenvalue weighted by atomic mass is 9.49. The second-order valence-corrected chi connectivity index (χ2v) is 10.3. The minimum atomic E-state index is -0.332. The third-order valence-corrected chi connectivity index (χ3v) is 8.08. The van der Waals surface area contributed by atoms with Crippen LogP contribution in [0.1, 0.15) is 56.1 Å². The van der Waals surface area contributed by atoms with Gasteiger partial charge in [0.15, 0.2) is 0 Å². The Hall–Kier alpha value is -0.900. The Balaban J connectivity index is 1.04. The monoisotopic (exact) mass is 370 g/mol. The zero-order valence-electron chi connectivity index (χ0n) is 16.7. The molecule has 0 spiro atoms. The van der Waals surface area contributed by atoms with Gasteiger partial charge in [-0.15, -0.1) is 0 Å². The maximum Gasteiger partial charge on any atom is 0.126 e. The Morgan fingerprint density at radius 1 is 1.04 bits per heavy atom. The summed E-state index contributed by atoms with van der Waals surface area (Å²) >= 11 is 0. The molecule has 6 rings (SSSR count). The van der Waals surface area contributed by atoms with Gasteiger partial charge >= 0.3 is 0 Å². The van der Waals surface area contributed by atoms with Crippen molar-refractivity contribution in [3.05, 3.63) is 35.4 Å². The van der Waals surface area contributed by atoms with Gasteiger partial charge in [-0.2, -0.15) is 0 Å². The lowest BCUT2D eigenvalue weighted by molar-refractivity contribution is -0.919. The average molecular weight is 371 g/mol. The molecule has 0 radical (unpaired) electrons. The van der Waals surface area contributed by atoms with Crippen molar-refractivity contribution < 1.29 is 14.7 Å². The number of aliphatic hydroxyl groups is 1. The Morgan fingerprint density at radius 2 is 1.70 bits per heavy atom. The van der Waals surface area contributed by atoms with E-state index in [1.807, 2.05) is 0 Å². The molecule has 3 nitrogen and oxygen atoms in total. The fourth-order valence-electron chi connectivity index (χ4n) is 7.31. The molecule has 5 aliphatic rings. The molecule has 1 aliphatic heterocycles. The Labute approximate surface area is 164 Å². The molecule has 4 aliphatic carbocycles. The van der Waals surface area contributed by atoms with Crippen LogP contribution in [-0.4, -0.2) is 37.5 Å². The Morgan fingerprint density at radius 3 is 2.41 bits per heavy atom. The predicted octanol–water partition coefficient (Wildman–Crippen LogP) is 2.61. The zero-order chi connectivity index (χ0) is 18.3. The van der Waals surface area contributed by atoms with Crippen LogP contribution >= 0.6 is 0 Å². The number of hydrogen-bond acceptors (Lipinski definition) is 2. The van der Waals surface area contributed by atoms with Crippen LogP contribution in [0.2, 0.25) is 0 Å². The van der Waals surface area contributed by atoms with Crippen LogP contribution in [0.5, 0.6) is 0 Å². The van der Waals surface area contributed by atoms with Crippen molar-refractivity contribution in [2.75, 3.05) is 26.3 Å². The molecule has 1 aromatic carbocycles. The predicted molar refractivity (Wildman–Crippen MR) is 107 cm³/mol. The molecule has 1 aromatic rings. The number of aliphatic hydroxyl groups excluding tert-OH is 1. The van der Waals surface area contributed by atoms with E-state index >= 15 is 0 Å². The molecule has 4 bridgehead atoms. The van der Waals surface area contributed by atoms with Gasteiger partial charge in [0.25, 0.3) is 0 Å². The summed E-state index contributed by atoms with van der Waals surface area (Å²) in [7, 11) is 0. The first-order valence-corrected chi connectivity index (χ1v) is 11.3. The third kappa shape index (κ3) is 3.97. The molecule has 4 fully saturated rings. The Kier molecular flexibility index (Phi) is 5.04. The van der Waals surface area contributed by atoms with Gasteiger partial charge in [-0.3, -0.25) is 0 Å². The topological polar surface area (TPSA) is 33.9 Å². The van der Waals surface area contributed by atoms with Crippen molar-refractivity contribution in [3.8, 4) is 0 Å². The molecule has 2 atom stereocenters. The van der Waals surface area contributed by atoms with Gasteiger partial charge < -0.3 is 14.7 Å². The summed E-state index contributed by atoms with van der Waals surface area (Å²) in [6, 6.07) is 8.75. The molecule has 0 aromatic heterocycles. The van der Waals surface area contributed by atoms with Crippen LogP contribution in [0.25, 0.3) is 0 Å². The van der Waals surface area contributed by atoms with E-state index in [1.165, 1.54) is 61.0 Å². The SMILES string of the molecule is O[C@H](COCCC12CC3CC(CC(C3)C1)C2)C[NH+]1CCc2ccccc2C1. The van der Waals surface area contributed by atoms with Gasteiger partial charge in [0.2, 0.25) is 0 Å². The van der Waals surface area contributed by atoms with Gasteiger partial charge in [-0.1, -0.05) is 24.3 Å². The van der Waals surface area contributed by atoms with Gasteiger partial charge in [0, 0.05) is 18.6 Å². The molecule has 3 heteroatoms. The molecule has 2 N–H and O–H groups in total. The zero-order valence-corrected chi connectivity index (χ0v) is 16.7. The van der Waals surface area contributed by atoms with Crippen LogP contribution in [0.15, 0.2) is 24.3 Å². The summed E-state index contributed by atoms with van der Waals surface area (Å²) < 4.78 is 5.98. The average Bonchev–Trinajstić information content (AvgIpc) is 2.64. The maximum atomic E-state index is 10.5. The van der Waals surface area contributed by atoms with E-state index in [9.17, 15) is 5.11 Å². The standard InChI is InChI=1S/C24H35NO2/c26-23(16-25-7-5-21-3-1-2-4-22(21)15-25)17-27-8-6-24-12-18-9-19(13-24)11-20(10-18)14-24/h1-4,18-20,23,26H,5-17H2/p+1/t18?,19?,20?,23-,24?/m0/s1. The lowest BCUT2D eigenvalue weighted by Gasteiger charge is -2.57. The van der Waals surface area contributed by atoms with Crippen LogP contribution in [0.4, 0.5) is 0 Å². The summed E-state index contributed by atoms with van der Waals surface area (Å²) in [6.07, 6.45) is 11.0. The molecular weight excluding hydrogens is 334 g/mol. The van der Waals surface area contributed by atoms with E-state index in [4.69, 9.17) is 4.74 Å². The molecule has 1 unspecified atom stereocenters. The van der Waals surface area contributed by atoms with Crippen LogP contribution in [0, 0.1) is 23.2 Å². The van der Waals surface area contributed by atoms with Gasteiger partial charge in [-0.05, 0) is 73.7 Å². The molecule has 0 saturated heterocycles. The highest BCUT2D eigenvalue weighted by Crippen LogP contribution is 2.61. The first kappa shape index (κ1) is 18.1. The van der Waals surface area contributed by atoms with Crippen LogP contribution in [0.3, 0.4) is 0 Å². The highest BCUT2D eigenvalue weighted by molar-refractivity contribution is 5.27. The number of nitrogens with one attached hydrogen (secondary N) is 1. The van der Waals surface area contributed by atoms with E-state index in [0.29, 0.717) is 12.0 Å². The summed E-state index contributed by atoms with van der Waals surface area (Å²) in [5.74, 6) is 3.06. The van der Waals surface area contributed by atoms with Crippen LogP contribution < -0.4 is 4.90 Å². The second-order valence-electron chi connectivity index (χ2n) is 10.3. The highest BCUT2D eigenvalue weighted by Gasteiger charge is 2.50. The van der Waals surface area contributed by atoms with E-state index in [2.05, 4.69) is 24.3 Å². The van der Waals surface area contributed by atoms with Crippen molar-refractivity contribution in [3.63, 3.8) is 0 Å². The number of ether oxygens (including phenoxy) is 1. The van der Waals surface area contributed by atoms with E-state index in [-0.39, 0.29) is 6.10 Å². The number of benzene rings is 1. The fraction of sp³-hybridized carbons (Fsp3) is 0.750. The van der Waals surface area contributed by atoms with Gasteiger partial charge in [0.1, 0.15) is 19.2 Å². The fourth-order valence-corrected chi connectivity index (χ4v) is 7.31. The van der Waals surface area contributed by atoms with Crippen molar-refractivity contribution in [2.24, 2.45) is 23.2 Å². The summed E-state index contributed by atoms with van der Waals surface area (Å²) in [4.78, 5) is 1.49. The van der Waals surface area contributed by atoms with Gasteiger partial charge in [-0.25, -0.2) is 0 Å². The smallest absolute Gasteiger partial charge is 0.126 e. The first-order valence-electron chi connectivity index (χ1n) is 11.3. The Bertz CT molecular complexity index is 622. The molecule has 148 valence electrons. The lowest BCUT2D eigenvalue weighted by Crippen LogP contribution is -3.12. The normalized spacial score (nSPS) is 38.0. The number of rotatable bonds is 7. The number of hydrogen-bond donors (Lipinski definition) is 2. The van der Waals surface area contributed by atoms with E-state index in [1.54, 1.807) is 0 Å². The highest BCUT2D eigenvalue weighted by atomic mass is 16.5.